The Labute approximate surface area is 152 Å². The van der Waals surface area contributed by atoms with Gasteiger partial charge in [-0.15, -0.1) is 0 Å². The van der Waals surface area contributed by atoms with Gasteiger partial charge in [0.05, 0.1) is 6.61 Å². The lowest BCUT2D eigenvalue weighted by molar-refractivity contribution is 0.0461. The van der Waals surface area contributed by atoms with Gasteiger partial charge < -0.3 is 20.3 Å². The number of rotatable bonds is 3. The number of nitrogens with one attached hydrogen (secondary N) is 2. The highest BCUT2D eigenvalue weighted by Crippen LogP contribution is 2.27. The average molecular weight is 366 g/mol. The van der Waals surface area contributed by atoms with Crippen LogP contribution in [0.2, 0.25) is 5.02 Å². The molecule has 2 fully saturated rings. The zero-order valence-corrected chi connectivity index (χ0v) is 15.3. The summed E-state index contributed by atoms with van der Waals surface area (Å²) in [4.78, 5) is 25.7. The summed E-state index contributed by atoms with van der Waals surface area (Å²) in [6, 6.07) is 7.68. The second-order valence-corrected chi connectivity index (χ2v) is 7.30. The molecular formula is C18H24ClN3O3. The molecule has 4 atom stereocenters. The van der Waals surface area contributed by atoms with Crippen molar-refractivity contribution in [2.24, 2.45) is 5.92 Å². The van der Waals surface area contributed by atoms with Crippen LogP contribution in [-0.2, 0) is 4.74 Å². The number of hydrogen-bond acceptors (Lipinski definition) is 3. The quantitative estimate of drug-likeness (QED) is 0.865. The van der Waals surface area contributed by atoms with Crippen molar-refractivity contribution in [2.45, 2.75) is 38.3 Å². The molecule has 2 unspecified atom stereocenters. The zero-order valence-electron chi connectivity index (χ0n) is 14.5. The maximum atomic E-state index is 12.6. The van der Waals surface area contributed by atoms with Crippen LogP contribution in [0.4, 0.5) is 9.59 Å². The molecule has 136 valence electrons. The fourth-order valence-corrected chi connectivity index (χ4v) is 3.78. The molecule has 3 amide bonds. The van der Waals surface area contributed by atoms with Gasteiger partial charge in [-0.05, 0) is 25.0 Å². The van der Waals surface area contributed by atoms with Gasteiger partial charge in [-0.25, -0.2) is 9.59 Å². The summed E-state index contributed by atoms with van der Waals surface area (Å²) in [6.07, 6.45) is 0.392. The maximum absolute atomic E-state index is 12.6. The number of urea groups is 1. The van der Waals surface area contributed by atoms with Crippen molar-refractivity contribution in [1.29, 1.82) is 0 Å². The highest BCUT2D eigenvalue weighted by molar-refractivity contribution is 6.31. The van der Waals surface area contributed by atoms with E-state index in [1.54, 1.807) is 4.90 Å². The number of likely N-dealkylation sites (tertiary alicyclic amines) is 1. The molecule has 2 saturated heterocycles. The molecule has 2 N–H and O–H groups in total. The van der Waals surface area contributed by atoms with Crippen LogP contribution in [0.5, 0.6) is 0 Å². The minimum Gasteiger partial charge on any atom is -0.449 e. The standard InChI is InChI=1S/C18H24ClN3O3/c1-11(14-5-3-4-6-15(14)19)12(2)20-17(23)22-8-7-16-13(9-22)10-25-18(24)21-16/h3-6,11-13,16H,7-10H2,1-2H3,(H,20,23)(H,21,24)/t11?,12?,13-,16+/m1/s1. The summed E-state index contributed by atoms with van der Waals surface area (Å²) in [5.74, 6) is 0.251. The zero-order chi connectivity index (χ0) is 18.0. The molecule has 1 aromatic carbocycles. The number of amides is 3. The van der Waals surface area contributed by atoms with E-state index in [1.807, 2.05) is 31.2 Å². The number of cyclic esters (lactones) is 1. The van der Waals surface area contributed by atoms with Gasteiger partial charge in [0.1, 0.15) is 0 Å². The fraction of sp³-hybridized carbons (Fsp3) is 0.556. The molecule has 1 aromatic rings. The molecule has 0 aromatic heterocycles. The number of carbonyl (C=O) groups is 2. The Morgan fingerprint density at radius 3 is 2.92 bits per heavy atom. The van der Waals surface area contributed by atoms with Gasteiger partial charge in [0.25, 0.3) is 0 Å². The van der Waals surface area contributed by atoms with Gasteiger partial charge in [0.2, 0.25) is 0 Å². The van der Waals surface area contributed by atoms with Crippen molar-refractivity contribution < 1.29 is 14.3 Å². The summed E-state index contributed by atoms with van der Waals surface area (Å²) in [6.45, 7) is 5.63. The summed E-state index contributed by atoms with van der Waals surface area (Å²) >= 11 is 6.27. The van der Waals surface area contributed by atoms with E-state index in [0.29, 0.717) is 24.7 Å². The highest BCUT2D eigenvalue weighted by Gasteiger charge is 2.36. The normalized spacial score (nSPS) is 25.2. The minimum atomic E-state index is -0.360. The third kappa shape index (κ3) is 4.00. The number of nitrogens with zero attached hydrogens (tertiary/aromatic N) is 1. The largest absolute Gasteiger partial charge is 0.449 e. The van der Waals surface area contributed by atoms with E-state index in [9.17, 15) is 9.59 Å². The Balaban J connectivity index is 1.57. The minimum absolute atomic E-state index is 0.0487. The molecule has 7 heteroatoms. The first-order chi connectivity index (χ1) is 12.0. The summed E-state index contributed by atoms with van der Waals surface area (Å²) in [5.41, 5.74) is 1.03. The van der Waals surface area contributed by atoms with Crippen LogP contribution in [0, 0.1) is 5.92 Å². The highest BCUT2D eigenvalue weighted by atomic mass is 35.5. The number of carbonyl (C=O) groups excluding carboxylic acids is 2. The van der Waals surface area contributed by atoms with Crippen LogP contribution in [-0.4, -0.2) is 48.8 Å². The van der Waals surface area contributed by atoms with E-state index in [0.717, 1.165) is 12.0 Å². The Hall–Kier alpha value is -1.95. The third-order valence-electron chi connectivity index (χ3n) is 5.25. The number of alkyl carbamates (subject to hydrolysis) is 1. The van der Waals surface area contributed by atoms with Gasteiger partial charge in [0.15, 0.2) is 0 Å². The van der Waals surface area contributed by atoms with E-state index in [-0.39, 0.29) is 36.0 Å². The van der Waals surface area contributed by atoms with Crippen molar-refractivity contribution in [3.8, 4) is 0 Å². The van der Waals surface area contributed by atoms with Gasteiger partial charge in [-0.2, -0.15) is 0 Å². The Kier molecular flexibility index (Phi) is 5.37. The SMILES string of the molecule is CC(NC(=O)N1CC[C@@H]2NC(=O)OC[C@H]2C1)C(C)c1ccccc1Cl. The number of benzene rings is 1. The Bertz CT molecular complexity index is 654. The molecule has 0 spiro atoms. The molecule has 25 heavy (non-hydrogen) atoms. The van der Waals surface area contributed by atoms with E-state index < -0.39 is 0 Å². The topological polar surface area (TPSA) is 70.7 Å². The lowest BCUT2D eigenvalue weighted by atomic mass is 9.92. The van der Waals surface area contributed by atoms with Crippen LogP contribution in [0.15, 0.2) is 24.3 Å². The smallest absolute Gasteiger partial charge is 0.407 e. The summed E-state index contributed by atoms with van der Waals surface area (Å²) in [7, 11) is 0. The van der Waals surface area contributed by atoms with E-state index in [2.05, 4.69) is 17.6 Å². The fourth-order valence-electron chi connectivity index (χ4n) is 3.48. The Morgan fingerprint density at radius 1 is 1.40 bits per heavy atom. The molecule has 0 radical (unpaired) electrons. The van der Waals surface area contributed by atoms with E-state index >= 15 is 0 Å². The number of fused-ring (bicyclic) bond motifs is 1. The van der Waals surface area contributed by atoms with Crippen molar-refractivity contribution in [2.75, 3.05) is 19.7 Å². The molecule has 3 rings (SSSR count). The van der Waals surface area contributed by atoms with Gasteiger partial charge in [0, 0.05) is 42.0 Å². The first-order valence-corrected chi connectivity index (χ1v) is 9.06. The van der Waals surface area contributed by atoms with Crippen LogP contribution in [0.3, 0.4) is 0 Å². The molecule has 0 bridgehead atoms. The molecule has 2 aliphatic heterocycles. The lowest BCUT2D eigenvalue weighted by Gasteiger charge is -2.41. The molecule has 2 heterocycles. The molecule has 0 saturated carbocycles. The predicted octanol–water partition coefficient (Wildman–Crippen LogP) is 2.97. The van der Waals surface area contributed by atoms with Crippen molar-refractivity contribution in [3.63, 3.8) is 0 Å². The summed E-state index contributed by atoms with van der Waals surface area (Å²) < 4.78 is 5.04. The van der Waals surface area contributed by atoms with Crippen molar-refractivity contribution >= 4 is 23.7 Å². The first kappa shape index (κ1) is 17.9. The van der Waals surface area contributed by atoms with Gasteiger partial charge in [-0.3, -0.25) is 0 Å². The number of piperidine rings is 1. The van der Waals surface area contributed by atoms with Crippen LogP contribution < -0.4 is 10.6 Å². The van der Waals surface area contributed by atoms with Gasteiger partial charge >= 0.3 is 12.1 Å². The molecule has 6 nitrogen and oxygen atoms in total. The Morgan fingerprint density at radius 2 is 2.16 bits per heavy atom. The second-order valence-electron chi connectivity index (χ2n) is 6.89. The van der Waals surface area contributed by atoms with Crippen LogP contribution >= 0.6 is 11.6 Å². The predicted molar refractivity (Wildman–Crippen MR) is 95.8 cm³/mol. The maximum Gasteiger partial charge on any atom is 0.407 e. The monoisotopic (exact) mass is 365 g/mol. The van der Waals surface area contributed by atoms with Crippen LogP contribution in [0.1, 0.15) is 31.7 Å². The number of halogens is 1. The summed E-state index contributed by atoms with van der Waals surface area (Å²) in [5, 5.41) is 6.62. The van der Waals surface area contributed by atoms with Crippen molar-refractivity contribution in [3.05, 3.63) is 34.9 Å². The van der Waals surface area contributed by atoms with Crippen LogP contribution in [0.25, 0.3) is 0 Å². The van der Waals surface area contributed by atoms with E-state index in [4.69, 9.17) is 16.3 Å². The van der Waals surface area contributed by atoms with Gasteiger partial charge in [-0.1, -0.05) is 36.7 Å². The van der Waals surface area contributed by atoms with Crippen molar-refractivity contribution in [1.82, 2.24) is 15.5 Å². The van der Waals surface area contributed by atoms with E-state index in [1.165, 1.54) is 0 Å². The molecule has 0 aliphatic carbocycles. The molecule has 2 aliphatic rings. The molecular weight excluding hydrogens is 342 g/mol. The number of ether oxygens (including phenoxy) is 1. The lowest BCUT2D eigenvalue weighted by Crippen LogP contribution is -2.59. The number of hydrogen-bond donors (Lipinski definition) is 2. The third-order valence-corrected chi connectivity index (χ3v) is 5.59. The first-order valence-electron chi connectivity index (χ1n) is 8.69. The average Bonchev–Trinajstić information content (AvgIpc) is 2.61. The second kappa shape index (κ2) is 7.52.